The molecule has 1 aliphatic carbocycles. The number of hydrogen-bond donors (Lipinski definition) is 2. The van der Waals surface area contributed by atoms with Crippen LogP contribution in [0, 0.1) is 5.92 Å². The third kappa shape index (κ3) is 4.29. The molecule has 3 heteroatoms. The Morgan fingerprint density at radius 3 is 2.38 bits per heavy atom. The van der Waals surface area contributed by atoms with Gasteiger partial charge >= 0.3 is 0 Å². The largest absolute Gasteiger partial charge is 0.394 e. The first kappa shape index (κ1) is 16.5. The highest BCUT2D eigenvalue weighted by Gasteiger charge is 2.28. The van der Waals surface area contributed by atoms with Gasteiger partial charge in [0.1, 0.15) is 0 Å². The Balaban J connectivity index is 1.91. The van der Waals surface area contributed by atoms with E-state index in [1.807, 2.05) is 30.3 Å². The van der Waals surface area contributed by atoms with Gasteiger partial charge in [0.15, 0.2) is 0 Å². The molecule has 1 unspecified atom stereocenters. The maximum Gasteiger partial charge on any atom is 0.0656 e. The molecular formula is C18H30N2O. The smallest absolute Gasteiger partial charge is 0.0656 e. The van der Waals surface area contributed by atoms with E-state index in [2.05, 4.69) is 18.9 Å². The van der Waals surface area contributed by atoms with Crippen molar-refractivity contribution in [1.82, 2.24) is 4.90 Å². The highest BCUT2D eigenvalue weighted by atomic mass is 16.3. The van der Waals surface area contributed by atoms with Crippen molar-refractivity contribution in [2.75, 3.05) is 20.2 Å². The summed E-state index contributed by atoms with van der Waals surface area (Å²) in [6.07, 6.45) is 6.04. The summed E-state index contributed by atoms with van der Waals surface area (Å²) in [5, 5.41) is 9.75. The van der Waals surface area contributed by atoms with Crippen LogP contribution >= 0.6 is 0 Å². The molecule has 0 radical (unpaired) electrons. The van der Waals surface area contributed by atoms with E-state index >= 15 is 0 Å². The molecule has 0 amide bonds. The standard InChI is InChI=1S/C18H30N2O/c1-15-8-10-17(11-9-15)20(2)13-12-18(19,14-21)16-6-4-3-5-7-16/h3-7,15,17,21H,8-14,19H2,1-2H3. The lowest BCUT2D eigenvalue weighted by molar-refractivity contribution is 0.133. The van der Waals surface area contributed by atoms with Gasteiger partial charge in [-0.3, -0.25) is 0 Å². The van der Waals surface area contributed by atoms with Crippen molar-refractivity contribution in [1.29, 1.82) is 0 Å². The highest BCUT2D eigenvalue weighted by molar-refractivity contribution is 5.24. The molecule has 1 fully saturated rings. The van der Waals surface area contributed by atoms with Gasteiger partial charge in [0.05, 0.1) is 12.1 Å². The minimum atomic E-state index is -0.628. The van der Waals surface area contributed by atoms with Gasteiger partial charge in [-0.1, -0.05) is 37.3 Å². The third-order valence-corrected chi connectivity index (χ3v) is 5.15. The fourth-order valence-corrected chi connectivity index (χ4v) is 3.33. The van der Waals surface area contributed by atoms with Gasteiger partial charge in [0.25, 0.3) is 0 Å². The van der Waals surface area contributed by atoms with E-state index < -0.39 is 5.54 Å². The lowest BCUT2D eigenvalue weighted by atomic mass is 9.85. The Labute approximate surface area is 129 Å². The number of nitrogens with two attached hydrogens (primary N) is 1. The maximum atomic E-state index is 9.75. The number of nitrogens with zero attached hydrogens (tertiary/aromatic N) is 1. The molecule has 3 N–H and O–H groups in total. The molecule has 118 valence electrons. The predicted octanol–water partition coefficient (Wildman–Crippen LogP) is 2.73. The van der Waals surface area contributed by atoms with Crippen LogP contribution in [0.2, 0.25) is 0 Å². The summed E-state index contributed by atoms with van der Waals surface area (Å²) in [5.74, 6) is 0.880. The second kappa shape index (κ2) is 7.39. The molecule has 0 aromatic heterocycles. The topological polar surface area (TPSA) is 49.5 Å². The molecule has 1 aromatic carbocycles. The van der Waals surface area contributed by atoms with Crippen LogP contribution in [0.4, 0.5) is 0 Å². The van der Waals surface area contributed by atoms with Crippen LogP contribution in [-0.4, -0.2) is 36.2 Å². The molecule has 0 heterocycles. The van der Waals surface area contributed by atoms with E-state index in [1.54, 1.807) is 0 Å². The summed E-state index contributed by atoms with van der Waals surface area (Å²) in [5.41, 5.74) is 6.84. The Hall–Kier alpha value is -0.900. The van der Waals surface area contributed by atoms with Crippen LogP contribution in [0.15, 0.2) is 30.3 Å². The van der Waals surface area contributed by atoms with E-state index in [0.29, 0.717) is 6.04 Å². The Morgan fingerprint density at radius 1 is 1.19 bits per heavy atom. The van der Waals surface area contributed by atoms with Gasteiger partial charge in [-0.05, 0) is 50.6 Å². The highest BCUT2D eigenvalue weighted by Crippen LogP contribution is 2.28. The second-order valence-corrected chi connectivity index (χ2v) is 6.82. The van der Waals surface area contributed by atoms with Crippen molar-refractivity contribution in [2.45, 2.75) is 50.6 Å². The maximum absolute atomic E-state index is 9.75. The van der Waals surface area contributed by atoms with Gasteiger partial charge in [-0.2, -0.15) is 0 Å². The van der Waals surface area contributed by atoms with E-state index in [-0.39, 0.29) is 6.61 Å². The molecule has 0 aliphatic heterocycles. The summed E-state index contributed by atoms with van der Waals surface area (Å²) in [6, 6.07) is 10.7. The van der Waals surface area contributed by atoms with E-state index in [4.69, 9.17) is 5.73 Å². The molecule has 2 rings (SSSR count). The van der Waals surface area contributed by atoms with Gasteiger partial charge in [0.2, 0.25) is 0 Å². The fraction of sp³-hybridized carbons (Fsp3) is 0.667. The molecule has 1 aromatic rings. The Morgan fingerprint density at radius 2 is 1.81 bits per heavy atom. The van der Waals surface area contributed by atoms with E-state index in [1.165, 1.54) is 25.7 Å². The van der Waals surface area contributed by atoms with Crippen molar-refractivity contribution < 1.29 is 5.11 Å². The summed E-state index contributed by atoms with van der Waals surface area (Å²) in [6.45, 7) is 3.28. The first-order valence-electron chi connectivity index (χ1n) is 8.20. The van der Waals surface area contributed by atoms with Crippen LogP contribution in [0.25, 0.3) is 0 Å². The van der Waals surface area contributed by atoms with Crippen molar-refractivity contribution >= 4 is 0 Å². The summed E-state index contributed by atoms with van der Waals surface area (Å²) >= 11 is 0. The first-order chi connectivity index (χ1) is 10.0. The molecule has 0 bridgehead atoms. The van der Waals surface area contributed by atoms with Gasteiger partial charge < -0.3 is 15.7 Å². The molecular weight excluding hydrogens is 260 g/mol. The number of rotatable bonds is 6. The number of benzene rings is 1. The molecule has 0 spiro atoms. The molecule has 1 saturated carbocycles. The van der Waals surface area contributed by atoms with Gasteiger partial charge in [0, 0.05) is 12.6 Å². The summed E-state index contributed by atoms with van der Waals surface area (Å²) in [7, 11) is 2.20. The van der Waals surface area contributed by atoms with Crippen LogP contribution < -0.4 is 5.73 Å². The van der Waals surface area contributed by atoms with E-state index in [0.717, 1.165) is 24.4 Å². The normalized spacial score (nSPS) is 25.8. The van der Waals surface area contributed by atoms with Crippen LogP contribution in [0.3, 0.4) is 0 Å². The molecule has 21 heavy (non-hydrogen) atoms. The SMILES string of the molecule is CC1CCC(N(C)CCC(N)(CO)c2ccccc2)CC1. The fourth-order valence-electron chi connectivity index (χ4n) is 3.33. The van der Waals surface area contributed by atoms with Crippen LogP contribution in [-0.2, 0) is 5.54 Å². The zero-order valence-corrected chi connectivity index (χ0v) is 13.5. The van der Waals surface area contributed by atoms with Crippen molar-refractivity contribution in [3.63, 3.8) is 0 Å². The summed E-state index contributed by atoms with van der Waals surface area (Å²) in [4.78, 5) is 2.44. The van der Waals surface area contributed by atoms with Crippen molar-refractivity contribution in [3.8, 4) is 0 Å². The Bertz CT molecular complexity index is 414. The zero-order chi connectivity index (χ0) is 15.3. The Kier molecular flexibility index (Phi) is 5.80. The van der Waals surface area contributed by atoms with Gasteiger partial charge in [-0.25, -0.2) is 0 Å². The average Bonchev–Trinajstić information content (AvgIpc) is 2.54. The van der Waals surface area contributed by atoms with Crippen molar-refractivity contribution in [3.05, 3.63) is 35.9 Å². The number of aliphatic hydroxyl groups is 1. The number of hydrogen-bond acceptors (Lipinski definition) is 3. The zero-order valence-electron chi connectivity index (χ0n) is 13.5. The molecule has 1 atom stereocenters. The van der Waals surface area contributed by atoms with Crippen molar-refractivity contribution in [2.24, 2.45) is 11.7 Å². The third-order valence-electron chi connectivity index (χ3n) is 5.15. The summed E-state index contributed by atoms with van der Waals surface area (Å²) < 4.78 is 0. The minimum Gasteiger partial charge on any atom is -0.394 e. The molecule has 0 saturated heterocycles. The van der Waals surface area contributed by atoms with Gasteiger partial charge in [-0.15, -0.1) is 0 Å². The van der Waals surface area contributed by atoms with Crippen LogP contribution in [0.5, 0.6) is 0 Å². The predicted molar refractivity (Wildman–Crippen MR) is 88.1 cm³/mol. The second-order valence-electron chi connectivity index (χ2n) is 6.82. The first-order valence-corrected chi connectivity index (χ1v) is 8.20. The molecule has 3 nitrogen and oxygen atoms in total. The minimum absolute atomic E-state index is 0.00739. The van der Waals surface area contributed by atoms with E-state index in [9.17, 15) is 5.11 Å². The molecule has 1 aliphatic rings. The average molecular weight is 290 g/mol. The quantitative estimate of drug-likeness (QED) is 0.847. The monoisotopic (exact) mass is 290 g/mol. The lowest BCUT2D eigenvalue weighted by Gasteiger charge is -2.36. The lowest BCUT2D eigenvalue weighted by Crippen LogP contribution is -2.45. The van der Waals surface area contributed by atoms with Crippen LogP contribution in [0.1, 0.15) is 44.6 Å². The number of aliphatic hydroxyl groups excluding tert-OH is 1.